The van der Waals surface area contributed by atoms with Crippen molar-refractivity contribution in [2.75, 3.05) is 5.33 Å². The van der Waals surface area contributed by atoms with E-state index in [0.717, 1.165) is 17.7 Å². The van der Waals surface area contributed by atoms with Crippen LogP contribution in [-0.2, 0) is 0 Å². The number of rotatable bonds is 6. The molecule has 2 aromatic rings. The molecule has 1 aliphatic rings. The van der Waals surface area contributed by atoms with Crippen molar-refractivity contribution < 1.29 is 0 Å². The van der Waals surface area contributed by atoms with E-state index in [1.54, 1.807) is 0 Å². The molecule has 0 saturated heterocycles. The van der Waals surface area contributed by atoms with Crippen LogP contribution in [0.2, 0.25) is 6.04 Å². The highest BCUT2D eigenvalue weighted by Gasteiger charge is 2.35. The molecule has 0 spiro atoms. The first-order valence-electron chi connectivity index (χ1n) is 10.0. The van der Waals surface area contributed by atoms with E-state index in [1.807, 2.05) is 0 Å². The Labute approximate surface area is 168 Å². The summed E-state index contributed by atoms with van der Waals surface area (Å²) in [6, 6.07) is 23.4. The zero-order valence-electron chi connectivity index (χ0n) is 15.6. The van der Waals surface area contributed by atoms with Crippen LogP contribution in [-0.4, -0.2) is 13.4 Å². The van der Waals surface area contributed by atoms with Crippen LogP contribution in [0.3, 0.4) is 0 Å². The average Bonchev–Trinajstić information content (AvgIpc) is 2.73. The van der Waals surface area contributed by atoms with Gasteiger partial charge in [-0.15, -0.1) is 11.5 Å². The van der Waals surface area contributed by atoms with Crippen LogP contribution in [0.5, 0.6) is 0 Å². The Hall–Kier alpha value is -1.30. The molecular formula is C24H29BrSi. The van der Waals surface area contributed by atoms with Crippen molar-refractivity contribution in [1.82, 2.24) is 0 Å². The molecule has 0 radical (unpaired) electrons. The average molecular weight is 425 g/mol. The highest BCUT2D eigenvalue weighted by atomic mass is 79.9. The molecule has 0 heterocycles. The fourth-order valence-electron chi connectivity index (χ4n) is 4.18. The molecule has 0 aromatic heterocycles. The maximum Gasteiger partial charge on any atom is 0.199 e. The van der Waals surface area contributed by atoms with Gasteiger partial charge < -0.3 is 0 Å². The summed E-state index contributed by atoms with van der Waals surface area (Å²) < 4.78 is 0. The standard InChI is InChI=1S/C24H29BrSi/c25-19-11-21-26(23-15-6-2-7-16-23,24-17-8-3-9-18-24)20-10-14-22-12-4-1-5-13-22/h2-3,6-9,15-18,22H,1,4-5,11-14,19,21H2. The van der Waals surface area contributed by atoms with Gasteiger partial charge in [0.2, 0.25) is 0 Å². The third-order valence-electron chi connectivity index (χ3n) is 5.64. The van der Waals surface area contributed by atoms with Crippen LogP contribution in [0.25, 0.3) is 0 Å². The third-order valence-corrected chi connectivity index (χ3v) is 10.5. The molecule has 0 unspecified atom stereocenters. The Kier molecular flexibility index (Phi) is 7.59. The molecule has 1 aliphatic carbocycles. The zero-order valence-corrected chi connectivity index (χ0v) is 18.2. The molecule has 1 fully saturated rings. The fourth-order valence-corrected chi connectivity index (χ4v) is 8.93. The van der Waals surface area contributed by atoms with Crippen molar-refractivity contribution in [3.8, 4) is 11.5 Å². The fraction of sp³-hybridized carbons (Fsp3) is 0.417. The van der Waals surface area contributed by atoms with Gasteiger partial charge in [0.05, 0.1) is 0 Å². The SMILES string of the molecule is BrCCC[Si](C#CCC1CCCCC1)(c1ccccc1)c1ccccc1. The van der Waals surface area contributed by atoms with E-state index >= 15 is 0 Å². The number of benzene rings is 2. The first-order chi connectivity index (χ1) is 12.8. The van der Waals surface area contributed by atoms with Crippen LogP contribution >= 0.6 is 15.9 Å². The molecule has 0 atom stereocenters. The molecule has 0 aliphatic heterocycles. The van der Waals surface area contributed by atoms with Gasteiger partial charge in [-0.2, -0.15) is 0 Å². The van der Waals surface area contributed by atoms with Gasteiger partial charge in [0.25, 0.3) is 0 Å². The van der Waals surface area contributed by atoms with Crippen molar-refractivity contribution in [3.63, 3.8) is 0 Å². The van der Waals surface area contributed by atoms with Crippen LogP contribution < -0.4 is 10.4 Å². The van der Waals surface area contributed by atoms with Crippen molar-refractivity contribution in [2.45, 2.75) is 51.0 Å². The molecule has 0 bridgehead atoms. The lowest BCUT2D eigenvalue weighted by molar-refractivity contribution is 0.365. The quantitative estimate of drug-likeness (QED) is 0.324. The number of alkyl halides is 1. The molecular weight excluding hydrogens is 396 g/mol. The Morgan fingerprint density at radius 3 is 1.96 bits per heavy atom. The Bertz CT molecular complexity index is 669. The summed E-state index contributed by atoms with van der Waals surface area (Å²) in [6.07, 6.45) is 9.23. The summed E-state index contributed by atoms with van der Waals surface area (Å²) in [5.41, 5.74) is 3.92. The highest BCUT2D eigenvalue weighted by Crippen LogP contribution is 2.26. The van der Waals surface area contributed by atoms with E-state index in [9.17, 15) is 0 Å². The molecule has 0 nitrogen and oxygen atoms in total. The lowest BCUT2D eigenvalue weighted by atomic mass is 9.87. The monoisotopic (exact) mass is 424 g/mol. The first kappa shape index (κ1) is 19.5. The number of halogens is 1. The molecule has 26 heavy (non-hydrogen) atoms. The smallest absolute Gasteiger partial charge is 0.120 e. The second-order valence-electron chi connectivity index (χ2n) is 7.44. The lowest BCUT2D eigenvalue weighted by Gasteiger charge is -2.27. The molecule has 3 rings (SSSR count). The van der Waals surface area contributed by atoms with Gasteiger partial charge in [0.1, 0.15) is 0 Å². The molecule has 2 aromatic carbocycles. The molecule has 0 N–H and O–H groups in total. The van der Waals surface area contributed by atoms with E-state index in [1.165, 1.54) is 54.9 Å². The number of hydrogen-bond acceptors (Lipinski definition) is 0. The molecule has 136 valence electrons. The van der Waals surface area contributed by atoms with E-state index in [-0.39, 0.29) is 0 Å². The van der Waals surface area contributed by atoms with Gasteiger partial charge in [-0.1, -0.05) is 95.9 Å². The minimum absolute atomic E-state index is 0.825. The Morgan fingerprint density at radius 1 is 0.846 bits per heavy atom. The summed E-state index contributed by atoms with van der Waals surface area (Å²) in [7, 11) is -2.04. The van der Waals surface area contributed by atoms with Crippen LogP contribution in [0.1, 0.15) is 44.9 Å². The molecule has 1 saturated carbocycles. The number of hydrogen-bond donors (Lipinski definition) is 0. The van der Waals surface area contributed by atoms with E-state index in [2.05, 4.69) is 88.1 Å². The molecule has 2 heteroatoms. The highest BCUT2D eigenvalue weighted by molar-refractivity contribution is 9.09. The predicted octanol–water partition coefficient (Wildman–Crippen LogP) is 5.55. The van der Waals surface area contributed by atoms with E-state index < -0.39 is 8.07 Å². The lowest BCUT2D eigenvalue weighted by Crippen LogP contribution is -2.57. The van der Waals surface area contributed by atoms with Gasteiger partial charge in [-0.3, -0.25) is 0 Å². The van der Waals surface area contributed by atoms with Crippen LogP contribution in [0, 0.1) is 17.4 Å². The summed E-state index contributed by atoms with van der Waals surface area (Å²) in [4.78, 5) is 0. The van der Waals surface area contributed by atoms with Crippen LogP contribution in [0.4, 0.5) is 0 Å². The first-order valence-corrected chi connectivity index (χ1v) is 13.3. The summed E-state index contributed by atoms with van der Waals surface area (Å²) in [5, 5.41) is 3.97. The van der Waals surface area contributed by atoms with E-state index in [4.69, 9.17) is 0 Å². The Morgan fingerprint density at radius 2 is 1.42 bits per heavy atom. The zero-order chi connectivity index (χ0) is 18.1. The maximum absolute atomic E-state index is 3.92. The Balaban J connectivity index is 1.96. The maximum atomic E-state index is 3.92. The molecule has 0 amide bonds. The second kappa shape index (κ2) is 10.1. The van der Waals surface area contributed by atoms with Crippen molar-refractivity contribution >= 4 is 34.4 Å². The van der Waals surface area contributed by atoms with Gasteiger partial charge >= 0.3 is 0 Å². The third kappa shape index (κ3) is 4.90. The van der Waals surface area contributed by atoms with E-state index in [0.29, 0.717) is 0 Å². The predicted molar refractivity (Wildman–Crippen MR) is 120 cm³/mol. The normalized spacial score (nSPS) is 15.3. The topological polar surface area (TPSA) is 0 Å². The van der Waals surface area contributed by atoms with Crippen molar-refractivity contribution in [1.29, 1.82) is 0 Å². The van der Waals surface area contributed by atoms with Crippen molar-refractivity contribution in [2.24, 2.45) is 5.92 Å². The summed E-state index contributed by atoms with van der Waals surface area (Å²) in [6.45, 7) is 0. The second-order valence-corrected chi connectivity index (χ2v) is 11.9. The summed E-state index contributed by atoms with van der Waals surface area (Å²) in [5.74, 6) is 4.52. The van der Waals surface area contributed by atoms with Gasteiger partial charge in [-0.25, -0.2) is 0 Å². The summed E-state index contributed by atoms with van der Waals surface area (Å²) >= 11 is 3.65. The van der Waals surface area contributed by atoms with Crippen molar-refractivity contribution in [3.05, 3.63) is 60.7 Å². The minimum Gasteiger partial charge on any atom is -0.120 e. The van der Waals surface area contributed by atoms with Gasteiger partial charge in [0, 0.05) is 11.8 Å². The van der Waals surface area contributed by atoms with Crippen LogP contribution in [0.15, 0.2) is 60.7 Å². The minimum atomic E-state index is -2.04. The van der Waals surface area contributed by atoms with Gasteiger partial charge in [-0.05, 0) is 41.6 Å². The van der Waals surface area contributed by atoms with Gasteiger partial charge in [0.15, 0.2) is 8.07 Å². The largest absolute Gasteiger partial charge is 0.199 e.